The number of anilines is 1. The molecule has 0 spiro atoms. The quantitative estimate of drug-likeness (QED) is 0.931. The Bertz CT molecular complexity index is 574. The number of nitrogens with zero attached hydrogens (tertiary/aromatic N) is 1. The van der Waals surface area contributed by atoms with Crippen LogP contribution in [0.4, 0.5) is 5.69 Å². The van der Waals surface area contributed by atoms with Crippen molar-refractivity contribution in [1.82, 2.24) is 5.32 Å². The average Bonchev–Trinajstić information content (AvgIpc) is 2.42. The van der Waals surface area contributed by atoms with Crippen molar-refractivity contribution in [3.8, 4) is 5.75 Å². The highest BCUT2D eigenvalue weighted by atomic mass is 35.5. The van der Waals surface area contributed by atoms with Gasteiger partial charge in [0.05, 0.1) is 12.8 Å². The van der Waals surface area contributed by atoms with E-state index in [-0.39, 0.29) is 17.7 Å². The zero-order valence-corrected chi connectivity index (χ0v) is 13.3. The molecule has 1 aliphatic rings. The third-order valence-corrected chi connectivity index (χ3v) is 3.78. The van der Waals surface area contributed by atoms with E-state index in [0.29, 0.717) is 16.5 Å². The van der Waals surface area contributed by atoms with Crippen molar-refractivity contribution in [2.75, 3.05) is 12.0 Å². The Morgan fingerprint density at radius 2 is 2.00 bits per heavy atom. The van der Waals surface area contributed by atoms with Crippen molar-refractivity contribution in [1.29, 1.82) is 0 Å². The summed E-state index contributed by atoms with van der Waals surface area (Å²) < 4.78 is 5.32. The van der Waals surface area contributed by atoms with Crippen LogP contribution in [0.15, 0.2) is 18.2 Å². The van der Waals surface area contributed by atoms with Gasteiger partial charge in [-0.3, -0.25) is 14.5 Å². The average molecular weight is 311 g/mol. The molecule has 0 radical (unpaired) electrons. The molecular formula is C15H19ClN2O3. The smallest absolute Gasteiger partial charge is 0.250 e. The molecule has 1 aliphatic heterocycles. The molecule has 1 N–H and O–H groups in total. The summed E-state index contributed by atoms with van der Waals surface area (Å²) in [5, 5.41) is 3.19. The lowest BCUT2D eigenvalue weighted by Gasteiger charge is -2.40. The van der Waals surface area contributed by atoms with Crippen molar-refractivity contribution in [3.63, 3.8) is 0 Å². The number of benzene rings is 1. The van der Waals surface area contributed by atoms with Gasteiger partial charge in [-0.15, -0.1) is 0 Å². The molecule has 2 unspecified atom stereocenters. The second-order valence-electron chi connectivity index (χ2n) is 5.44. The number of carbonyl (C=O) groups is 2. The van der Waals surface area contributed by atoms with Crippen LogP contribution in [-0.2, 0) is 9.59 Å². The van der Waals surface area contributed by atoms with E-state index in [0.717, 1.165) is 0 Å². The maximum absolute atomic E-state index is 12.6. The standard InChI is InChI=1S/C15H19ClN2O3/c1-8(2)13-14(19)17-9(3)15(20)18(13)11-7-10(16)5-6-12(11)21-4/h5-9,13H,1-4H3,(H,17,19). The van der Waals surface area contributed by atoms with Crippen LogP contribution in [0.2, 0.25) is 5.02 Å². The number of hydrogen-bond acceptors (Lipinski definition) is 3. The first kappa shape index (κ1) is 15.6. The van der Waals surface area contributed by atoms with E-state index in [1.54, 1.807) is 25.1 Å². The molecule has 2 rings (SSSR count). The van der Waals surface area contributed by atoms with Gasteiger partial charge in [0.15, 0.2) is 0 Å². The lowest BCUT2D eigenvalue weighted by molar-refractivity contribution is -0.134. The normalized spacial score (nSPS) is 22.5. The topological polar surface area (TPSA) is 58.6 Å². The summed E-state index contributed by atoms with van der Waals surface area (Å²) in [7, 11) is 1.52. The first-order valence-corrected chi connectivity index (χ1v) is 7.21. The second-order valence-corrected chi connectivity index (χ2v) is 5.88. The molecule has 114 valence electrons. The van der Waals surface area contributed by atoms with Gasteiger partial charge in [0, 0.05) is 5.02 Å². The van der Waals surface area contributed by atoms with Gasteiger partial charge < -0.3 is 10.1 Å². The summed E-state index contributed by atoms with van der Waals surface area (Å²) in [5.41, 5.74) is 0.524. The van der Waals surface area contributed by atoms with Crippen LogP contribution in [-0.4, -0.2) is 31.0 Å². The monoisotopic (exact) mass is 310 g/mol. The summed E-state index contributed by atoms with van der Waals surface area (Å²) >= 11 is 6.05. The second kappa shape index (κ2) is 5.93. The Morgan fingerprint density at radius 1 is 1.33 bits per heavy atom. The van der Waals surface area contributed by atoms with Gasteiger partial charge in [0.2, 0.25) is 11.8 Å². The summed E-state index contributed by atoms with van der Waals surface area (Å²) in [6.07, 6.45) is 0. The number of hydrogen-bond donors (Lipinski definition) is 1. The van der Waals surface area contributed by atoms with E-state index >= 15 is 0 Å². The third kappa shape index (κ3) is 2.83. The third-order valence-electron chi connectivity index (χ3n) is 3.55. The number of methoxy groups -OCH3 is 1. The van der Waals surface area contributed by atoms with Crippen LogP contribution in [0.25, 0.3) is 0 Å². The summed E-state index contributed by atoms with van der Waals surface area (Å²) in [6, 6.07) is 3.88. The molecule has 1 aromatic carbocycles. The number of ether oxygens (including phenoxy) is 1. The fourth-order valence-electron chi connectivity index (χ4n) is 2.54. The molecule has 2 atom stereocenters. The molecule has 1 saturated heterocycles. The van der Waals surface area contributed by atoms with E-state index in [4.69, 9.17) is 16.3 Å². The van der Waals surface area contributed by atoms with Crippen LogP contribution in [0.5, 0.6) is 5.75 Å². The van der Waals surface area contributed by atoms with E-state index in [1.165, 1.54) is 12.0 Å². The zero-order valence-electron chi connectivity index (χ0n) is 12.5. The van der Waals surface area contributed by atoms with Crippen molar-refractivity contribution >= 4 is 29.1 Å². The highest BCUT2D eigenvalue weighted by Gasteiger charge is 2.42. The molecule has 2 amide bonds. The van der Waals surface area contributed by atoms with Gasteiger partial charge in [-0.2, -0.15) is 0 Å². The molecule has 0 bridgehead atoms. The molecule has 0 saturated carbocycles. The molecule has 6 heteroatoms. The predicted octanol–water partition coefficient (Wildman–Crippen LogP) is 2.22. The van der Waals surface area contributed by atoms with E-state index in [1.807, 2.05) is 13.8 Å². The maximum Gasteiger partial charge on any atom is 0.250 e. The zero-order chi connectivity index (χ0) is 15.7. The molecule has 1 aromatic rings. The summed E-state index contributed by atoms with van der Waals surface area (Å²) in [6.45, 7) is 5.47. The van der Waals surface area contributed by atoms with Gasteiger partial charge in [0.1, 0.15) is 17.8 Å². The minimum Gasteiger partial charge on any atom is -0.495 e. The fourth-order valence-corrected chi connectivity index (χ4v) is 2.71. The van der Waals surface area contributed by atoms with Gasteiger partial charge in [0.25, 0.3) is 0 Å². The minimum absolute atomic E-state index is 0.0369. The molecule has 0 aliphatic carbocycles. The fraction of sp³-hybridized carbons (Fsp3) is 0.467. The molecule has 21 heavy (non-hydrogen) atoms. The van der Waals surface area contributed by atoms with Gasteiger partial charge in [-0.1, -0.05) is 25.4 Å². The van der Waals surface area contributed by atoms with Crippen LogP contribution >= 0.6 is 11.6 Å². The molecule has 0 aromatic heterocycles. The van der Waals surface area contributed by atoms with E-state index < -0.39 is 12.1 Å². The number of carbonyl (C=O) groups excluding carboxylic acids is 2. The first-order valence-electron chi connectivity index (χ1n) is 6.83. The highest BCUT2D eigenvalue weighted by Crippen LogP contribution is 2.35. The number of halogens is 1. The van der Waals surface area contributed by atoms with Crippen molar-refractivity contribution in [2.24, 2.45) is 5.92 Å². The Hall–Kier alpha value is -1.75. The van der Waals surface area contributed by atoms with E-state index in [2.05, 4.69) is 5.32 Å². The molecule has 1 fully saturated rings. The predicted molar refractivity (Wildman–Crippen MR) is 81.7 cm³/mol. The van der Waals surface area contributed by atoms with Crippen molar-refractivity contribution in [2.45, 2.75) is 32.9 Å². The number of nitrogens with one attached hydrogen (secondary N) is 1. The maximum atomic E-state index is 12.6. The Labute approximate surface area is 129 Å². The van der Waals surface area contributed by atoms with Crippen molar-refractivity contribution < 1.29 is 14.3 Å². The lowest BCUT2D eigenvalue weighted by atomic mass is 9.96. The molecular weight excluding hydrogens is 292 g/mol. The number of piperazine rings is 1. The molecule has 5 nitrogen and oxygen atoms in total. The first-order chi connectivity index (χ1) is 9.86. The summed E-state index contributed by atoms with van der Waals surface area (Å²) in [5.74, 6) is 0.137. The Kier molecular flexibility index (Phi) is 4.42. The van der Waals surface area contributed by atoms with Gasteiger partial charge in [-0.05, 0) is 31.0 Å². The van der Waals surface area contributed by atoms with Gasteiger partial charge in [-0.25, -0.2) is 0 Å². The highest BCUT2D eigenvalue weighted by molar-refractivity contribution is 6.31. The Morgan fingerprint density at radius 3 is 2.57 bits per heavy atom. The lowest BCUT2D eigenvalue weighted by Crippen LogP contribution is -2.64. The summed E-state index contributed by atoms with van der Waals surface area (Å²) in [4.78, 5) is 26.4. The van der Waals surface area contributed by atoms with Crippen LogP contribution in [0, 0.1) is 5.92 Å². The van der Waals surface area contributed by atoms with Crippen molar-refractivity contribution in [3.05, 3.63) is 23.2 Å². The van der Waals surface area contributed by atoms with Crippen LogP contribution < -0.4 is 15.0 Å². The number of rotatable bonds is 3. The SMILES string of the molecule is COc1ccc(Cl)cc1N1C(=O)C(C)NC(=O)C1C(C)C. The van der Waals surface area contributed by atoms with Crippen LogP contribution in [0.3, 0.4) is 0 Å². The van der Waals surface area contributed by atoms with Gasteiger partial charge >= 0.3 is 0 Å². The Balaban J connectivity index is 2.58. The number of amides is 2. The van der Waals surface area contributed by atoms with E-state index in [9.17, 15) is 9.59 Å². The van der Waals surface area contributed by atoms with Crippen LogP contribution in [0.1, 0.15) is 20.8 Å². The largest absolute Gasteiger partial charge is 0.495 e. The molecule has 1 heterocycles. The minimum atomic E-state index is -0.582.